The molecule has 1 N–H and O–H groups in total. The summed E-state index contributed by atoms with van der Waals surface area (Å²) in [5, 5.41) is 3.24. The van der Waals surface area contributed by atoms with Crippen LogP contribution >= 0.6 is 0 Å². The van der Waals surface area contributed by atoms with Gasteiger partial charge in [0.2, 0.25) is 0 Å². The molecule has 0 radical (unpaired) electrons. The highest BCUT2D eigenvalue weighted by molar-refractivity contribution is 5.83. The Labute approximate surface area is 168 Å². The number of rotatable bonds is 8. The number of Topliss-reactive ketones (excluding diaryl/α,β-unsaturated/α-hetero) is 1. The lowest BCUT2D eigenvalue weighted by molar-refractivity contribution is -0.119. The first kappa shape index (κ1) is 20.4. The van der Waals surface area contributed by atoms with Crippen molar-refractivity contribution in [2.24, 2.45) is 5.92 Å². The number of nitrogens with one attached hydrogen (secondary N) is 1. The van der Waals surface area contributed by atoms with E-state index in [0.717, 1.165) is 30.9 Å². The van der Waals surface area contributed by atoms with Crippen molar-refractivity contribution >= 4 is 11.5 Å². The Morgan fingerprint density at radius 3 is 2.54 bits per heavy atom. The van der Waals surface area contributed by atoms with Crippen molar-refractivity contribution < 1.29 is 14.3 Å². The minimum Gasteiger partial charge on any atom is -0.497 e. The summed E-state index contributed by atoms with van der Waals surface area (Å²) in [5.41, 5.74) is 2.06. The second kappa shape index (κ2) is 9.24. The van der Waals surface area contributed by atoms with Crippen molar-refractivity contribution in [1.82, 2.24) is 0 Å². The largest absolute Gasteiger partial charge is 0.497 e. The summed E-state index contributed by atoms with van der Waals surface area (Å²) in [5.74, 6) is 1.72. The summed E-state index contributed by atoms with van der Waals surface area (Å²) in [4.78, 5) is 12.8. The summed E-state index contributed by atoms with van der Waals surface area (Å²) >= 11 is 0. The Balaban J connectivity index is 1.65. The van der Waals surface area contributed by atoms with Gasteiger partial charge in [0.25, 0.3) is 0 Å². The summed E-state index contributed by atoms with van der Waals surface area (Å²) in [6.45, 7) is 5.39. The molecule has 1 fully saturated rings. The highest BCUT2D eigenvalue weighted by Crippen LogP contribution is 2.40. The second-order valence-corrected chi connectivity index (χ2v) is 8.20. The van der Waals surface area contributed by atoms with E-state index in [9.17, 15) is 4.79 Å². The van der Waals surface area contributed by atoms with Gasteiger partial charge >= 0.3 is 0 Å². The molecule has 2 aromatic carbocycles. The average molecular weight is 382 g/mol. The van der Waals surface area contributed by atoms with Crippen LogP contribution in [0, 0.1) is 5.92 Å². The normalized spacial score (nSPS) is 19.6. The Morgan fingerprint density at radius 1 is 1.18 bits per heavy atom. The van der Waals surface area contributed by atoms with Gasteiger partial charge in [-0.1, -0.05) is 30.3 Å². The molecule has 2 atom stereocenters. The maximum Gasteiger partial charge on any atom is 0.152 e. The monoisotopic (exact) mass is 381 g/mol. The summed E-state index contributed by atoms with van der Waals surface area (Å²) < 4.78 is 11.1. The average Bonchev–Trinajstić information content (AvgIpc) is 2.70. The van der Waals surface area contributed by atoms with Gasteiger partial charge in [-0.15, -0.1) is 0 Å². The van der Waals surface area contributed by atoms with E-state index in [1.807, 2.05) is 30.3 Å². The van der Waals surface area contributed by atoms with Crippen LogP contribution in [0.4, 0.5) is 5.69 Å². The van der Waals surface area contributed by atoms with Crippen molar-refractivity contribution in [3.63, 3.8) is 0 Å². The number of benzene rings is 2. The number of carbonyl (C=O) groups excluding carboxylic acids is 1. The Morgan fingerprint density at radius 2 is 1.89 bits per heavy atom. The van der Waals surface area contributed by atoms with Crippen molar-refractivity contribution in [1.29, 1.82) is 0 Å². The fraction of sp³-hybridized carbons (Fsp3) is 0.458. The molecule has 28 heavy (non-hydrogen) atoms. The van der Waals surface area contributed by atoms with Gasteiger partial charge in [0.1, 0.15) is 5.75 Å². The molecule has 0 bridgehead atoms. The zero-order chi connectivity index (χ0) is 20.0. The van der Waals surface area contributed by atoms with E-state index in [4.69, 9.17) is 9.47 Å². The van der Waals surface area contributed by atoms with Gasteiger partial charge in [-0.3, -0.25) is 4.79 Å². The van der Waals surface area contributed by atoms with Crippen LogP contribution in [0.3, 0.4) is 0 Å². The second-order valence-electron chi connectivity index (χ2n) is 8.20. The molecular formula is C24H31NO3. The van der Waals surface area contributed by atoms with E-state index < -0.39 is 0 Å². The Hall–Kier alpha value is -2.33. The molecule has 1 aliphatic heterocycles. The predicted octanol–water partition coefficient (Wildman–Crippen LogP) is 5.06. The van der Waals surface area contributed by atoms with E-state index in [1.165, 1.54) is 5.56 Å². The Bertz CT molecular complexity index is 755. The fourth-order valence-corrected chi connectivity index (χ4v) is 4.11. The van der Waals surface area contributed by atoms with Crippen LogP contribution in [-0.2, 0) is 9.53 Å². The molecule has 4 heteroatoms. The number of ketones is 1. The van der Waals surface area contributed by atoms with Crippen molar-refractivity contribution in [3.8, 4) is 5.75 Å². The minimum absolute atomic E-state index is 0.125. The lowest BCUT2D eigenvalue weighted by Gasteiger charge is -2.39. The maximum absolute atomic E-state index is 12.8. The van der Waals surface area contributed by atoms with Crippen molar-refractivity contribution in [2.75, 3.05) is 25.6 Å². The molecule has 0 unspecified atom stereocenters. The first-order valence-corrected chi connectivity index (χ1v) is 10.1. The van der Waals surface area contributed by atoms with Crippen molar-refractivity contribution in [2.45, 2.75) is 44.6 Å². The van der Waals surface area contributed by atoms with E-state index in [2.05, 4.69) is 43.4 Å². The number of anilines is 1. The molecule has 4 nitrogen and oxygen atoms in total. The SMILES string of the molecule is COc1ccc(NCC(=O)C[C@@H](c2ccccc2)[C@H]2CCOC(C)(C)C2)cc1. The molecule has 1 aliphatic rings. The van der Waals surface area contributed by atoms with Crippen LogP contribution < -0.4 is 10.1 Å². The van der Waals surface area contributed by atoms with Crippen LogP contribution in [-0.4, -0.2) is 31.6 Å². The third kappa shape index (κ3) is 5.59. The van der Waals surface area contributed by atoms with Gasteiger partial charge in [0.05, 0.1) is 19.3 Å². The first-order valence-electron chi connectivity index (χ1n) is 10.1. The topological polar surface area (TPSA) is 47.6 Å². The minimum atomic E-state index is -0.125. The molecule has 0 spiro atoms. The van der Waals surface area contributed by atoms with Gasteiger partial charge in [-0.05, 0) is 68.4 Å². The van der Waals surface area contributed by atoms with Gasteiger partial charge in [-0.2, -0.15) is 0 Å². The number of hydrogen-bond acceptors (Lipinski definition) is 4. The molecule has 1 heterocycles. The standard InChI is InChI=1S/C24H31NO3/c1-24(2)16-19(13-14-28-24)23(18-7-5-4-6-8-18)15-21(26)17-25-20-9-11-22(27-3)12-10-20/h4-12,19,23,25H,13-17H2,1-3H3/t19-,23-/m0/s1. The maximum atomic E-state index is 12.8. The summed E-state index contributed by atoms with van der Waals surface area (Å²) in [7, 11) is 1.65. The molecular weight excluding hydrogens is 350 g/mol. The van der Waals surface area contributed by atoms with Gasteiger partial charge in [0, 0.05) is 18.7 Å². The van der Waals surface area contributed by atoms with Gasteiger partial charge in [0.15, 0.2) is 5.78 Å². The molecule has 2 aromatic rings. The molecule has 150 valence electrons. The van der Waals surface area contributed by atoms with E-state index >= 15 is 0 Å². The molecule has 0 aliphatic carbocycles. The van der Waals surface area contributed by atoms with Crippen LogP contribution in [0.25, 0.3) is 0 Å². The first-order chi connectivity index (χ1) is 13.5. The number of carbonyl (C=O) groups is 1. The zero-order valence-corrected chi connectivity index (χ0v) is 17.1. The van der Waals surface area contributed by atoms with Crippen LogP contribution in [0.1, 0.15) is 44.6 Å². The fourth-order valence-electron chi connectivity index (χ4n) is 4.11. The summed E-state index contributed by atoms with van der Waals surface area (Å²) in [6.07, 6.45) is 2.53. The van der Waals surface area contributed by atoms with Crippen molar-refractivity contribution in [3.05, 3.63) is 60.2 Å². The summed E-state index contributed by atoms with van der Waals surface area (Å²) in [6, 6.07) is 18.1. The lowest BCUT2D eigenvalue weighted by Crippen LogP contribution is -2.37. The molecule has 0 aromatic heterocycles. The van der Waals surface area contributed by atoms with Gasteiger partial charge in [-0.25, -0.2) is 0 Å². The third-order valence-corrected chi connectivity index (χ3v) is 5.56. The van der Waals surface area contributed by atoms with Crippen LogP contribution in [0.2, 0.25) is 0 Å². The zero-order valence-electron chi connectivity index (χ0n) is 17.1. The van der Waals surface area contributed by atoms with Gasteiger partial charge < -0.3 is 14.8 Å². The molecule has 0 saturated carbocycles. The number of hydrogen-bond donors (Lipinski definition) is 1. The van der Waals surface area contributed by atoms with Crippen LogP contribution in [0.5, 0.6) is 5.75 Å². The van der Waals surface area contributed by atoms with Crippen LogP contribution in [0.15, 0.2) is 54.6 Å². The van der Waals surface area contributed by atoms with E-state index in [1.54, 1.807) is 7.11 Å². The highest BCUT2D eigenvalue weighted by atomic mass is 16.5. The quantitative estimate of drug-likeness (QED) is 0.695. The Kier molecular flexibility index (Phi) is 6.74. The molecule has 3 rings (SSSR count). The number of ether oxygens (including phenoxy) is 2. The smallest absolute Gasteiger partial charge is 0.152 e. The van der Waals surface area contributed by atoms with E-state index in [0.29, 0.717) is 18.9 Å². The number of methoxy groups -OCH3 is 1. The molecule has 0 amide bonds. The molecule has 1 saturated heterocycles. The highest BCUT2D eigenvalue weighted by Gasteiger charge is 2.34. The van der Waals surface area contributed by atoms with E-state index in [-0.39, 0.29) is 17.3 Å². The third-order valence-electron chi connectivity index (χ3n) is 5.56. The predicted molar refractivity (Wildman–Crippen MR) is 113 cm³/mol. The lowest BCUT2D eigenvalue weighted by atomic mass is 9.74.